The molecule has 1 aromatic carbocycles. The molecule has 88 valence electrons. The molecule has 2 N–H and O–H groups in total. The summed E-state index contributed by atoms with van der Waals surface area (Å²) in [7, 11) is 0. The maximum atomic E-state index is 9.45. The maximum absolute atomic E-state index is 9.45. The Morgan fingerprint density at radius 2 is 1.88 bits per heavy atom. The zero-order valence-corrected chi connectivity index (χ0v) is 9.41. The quantitative estimate of drug-likeness (QED) is 0.717. The molecule has 0 heterocycles. The van der Waals surface area contributed by atoms with Crippen molar-refractivity contribution in [3.8, 4) is 0 Å². The molecule has 1 aromatic rings. The van der Waals surface area contributed by atoms with E-state index in [-0.39, 0.29) is 6.61 Å². The van der Waals surface area contributed by atoms with Crippen LogP contribution in [0.5, 0.6) is 0 Å². The van der Waals surface area contributed by atoms with Crippen LogP contribution in [0, 0.1) is 0 Å². The lowest BCUT2D eigenvalue weighted by Gasteiger charge is -2.07. The van der Waals surface area contributed by atoms with Gasteiger partial charge in [0.1, 0.15) is 0 Å². The maximum Gasteiger partial charge on any atom is 0.0955 e. The fourth-order valence-electron chi connectivity index (χ4n) is 1.22. The van der Waals surface area contributed by atoms with Gasteiger partial charge in [0.25, 0.3) is 0 Å². The van der Waals surface area contributed by atoms with Gasteiger partial charge < -0.3 is 14.9 Å². The Labute approximate surface area is 96.0 Å². The molecule has 0 aliphatic heterocycles. The van der Waals surface area contributed by atoms with Crippen LogP contribution >= 0.6 is 0 Å². The lowest BCUT2D eigenvalue weighted by Crippen LogP contribution is -2.13. The summed E-state index contributed by atoms with van der Waals surface area (Å²) in [5.41, 5.74) is 1.08. The molecular formula is C13H18O3. The topological polar surface area (TPSA) is 49.7 Å². The second-order valence-corrected chi connectivity index (χ2v) is 3.69. The van der Waals surface area contributed by atoms with Crippen molar-refractivity contribution in [2.75, 3.05) is 6.61 Å². The molecule has 0 fully saturated rings. The molecular weight excluding hydrogens is 204 g/mol. The van der Waals surface area contributed by atoms with Crippen LogP contribution in [0.2, 0.25) is 0 Å². The first-order valence-corrected chi connectivity index (χ1v) is 5.34. The first-order chi connectivity index (χ1) is 7.68. The summed E-state index contributed by atoms with van der Waals surface area (Å²) in [6, 6.07) is 9.78. The standard InChI is InChI=1S/C13H18O3/c1-11(14)7-8-13(15)10-16-9-12-5-3-2-4-6-12/h2-8,11,13-15H,9-10H2,1H3/b8-7+/t11-,13-/m1/s1. The minimum Gasteiger partial charge on any atom is -0.389 e. The van der Waals surface area contributed by atoms with Crippen molar-refractivity contribution in [2.24, 2.45) is 0 Å². The first-order valence-electron chi connectivity index (χ1n) is 5.34. The van der Waals surface area contributed by atoms with E-state index in [0.717, 1.165) is 5.56 Å². The minimum absolute atomic E-state index is 0.234. The van der Waals surface area contributed by atoms with Crippen LogP contribution in [0.25, 0.3) is 0 Å². The third-order valence-electron chi connectivity index (χ3n) is 2.01. The van der Waals surface area contributed by atoms with Crippen molar-refractivity contribution >= 4 is 0 Å². The van der Waals surface area contributed by atoms with Crippen molar-refractivity contribution < 1.29 is 14.9 Å². The van der Waals surface area contributed by atoms with Gasteiger partial charge in [-0.15, -0.1) is 0 Å². The van der Waals surface area contributed by atoms with Crippen LogP contribution in [0.4, 0.5) is 0 Å². The molecule has 0 saturated carbocycles. The van der Waals surface area contributed by atoms with E-state index in [9.17, 15) is 5.11 Å². The highest BCUT2D eigenvalue weighted by Crippen LogP contribution is 2.01. The molecule has 0 saturated heterocycles. The summed E-state index contributed by atoms with van der Waals surface area (Å²) in [5.74, 6) is 0. The molecule has 0 aliphatic carbocycles. The number of ether oxygens (including phenoxy) is 1. The molecule has 0 aromatic heterocycles. The van der Waals surface area contributed by atoms with Crippen LogP contribution in [0.3, 0.4) is 0 Å². The number of hydrogen-bond acceptors (Lipinski definition) is 3. The van der Waals surface area contributed by atoms with Gasteiger partial charge in [0.05, 0.1) is 25.4 Å². The van der Waals surface area contributed by atoms with Crippen LogP contribution < -0.4 is 0 Å². The Hall–Kier alpha value is -1.16. The Morgan fingerprint density at radius 1 is 1.19 bits per heavy atom. The van der Waals surface area contributed by atoms with E-state index < -0.39 is 12.2 Å². The number of aliphatic hydroxyl groups is 2. The molecule has 0 amide bonds. The Kier molecular flexibility index (Phi) is 5.78. The highest BCUT2D eigenvalue weighted by Gasteiger charge is 2.00. The monoisotopic (exact) mass is 222 g/mol. The lowest BCUT2D eigenvalue weighted by atomic mass is 10.2. The van der Waals surface area contributed by atoms with Crippen molar-refractivity contribution in [1.82, 2.24) is 0 Å². The summed E-state index contributed by atoms with van der Waals surface area (Å²) in [5, 5.41) is 18.4. The number of hydrogen-bond donors (Lipinski definition) is 2. The van der Waals surface area contributed by atoms with Crippen molar-refractivity contribution in [2.45, 2.75) is 25.7 Å². The van der Waals surface area contributed by atoms with E-state index in [1.807, 2.05) is 30.3 Å². The Balaban J connectivity index is 2.20. The predicted octanol–water partition coefficient (Wildman–Crippen LogP) is 1.50. The zero-order valence-electron chi connectivity index (χ0n) is 9.41. The number of aliphatic hydroxyl groups excluding tert-OH is 2. The van der Waals surface area contributed by atoms with Crippen LogP contribution in [-0.2, 0) is 11.3 Å². The molecule has 16 heavy (non-hydrogen) atoms. The van der Waals surface area contributed by atoms with Gasteiger partial charge in [-0.3, -0.25) is 0 Å². The molecule has 0 bridgehead atoms. The third kappa shape index (κ3) is 5.66. The minimum atomic E-state index is -0.668. The molecule has 1 rings (SSSR count). The van der Waals surface area contributed by atoms with Gasteiger partial charge in [-0.25, -0.2) is 0 Å². The van der Waals surface area contributed by atoms with Crippen molar-refractivity contribution in [3.05, 3.63) is 48.0 Å². The fourth-order valence-corrected chi connectivity index (χ4v) is 1.22. The summed E-state index contributed by atoms with van der Waals surface area (Å²) >= 11 is 0. The van der Waals surface area contributed by atoms with Gasteiger partial charge in [0.2, 0.25) is 0 Å². The highest BCUT2D eigenvalue weighted by atomic mass is 16.5. The molecule has 0 radical (unpaired) electrons. The zero-order chi connectivity index (χ0) is 11.8. The SMILES string of the molecule is C[C@@H](O)/C=C/[C@@H](O)COCc1ccccc1. The molecule has 3 heteroatoms. The second-order valence-electron chi connectivity index (χ2n) is 3.69. The van der Waals surface area contributed by atoms with E-state index in [1.54, 1.807) is 6.92 Å². The van der Waals surface area contributed by atoms with Crippen LogP contribution in [0.1, 0.15) is 12.5 Å². The summed E-state index contributed by atoms with van der Waals surface area (Å²) in [6.45, 7) is 2.35. The fraction of sp³-hybridized carbons (Fsp3) is 0.385. The van der Waals surface area contributed by atoms with E-state index in [4.69, 9.17) is 9.84 Å². The molecule has 0 aliphatic rings. The number of benzene rings is 1. The van der Waals surface area contributed by atoms with Crippen LogP contribution in [-0.4, -0.2) is 29.0 Å². The molecule has 0 spiro atoms. The summed E-state index contributed by atoms with van der Waals surface area (Å²) in [4.78, 5) is 0. The van der Waals surface area contributed by atoms with E-state index >= 15 is 0 Å². The average Bonchev–Trinajstić information content (AvgIpc) is 2.28. The van der Waals surface area contributed by atoms with E-state index in [2.05, 4.69) is 0 Å². The van der Waals surface area contributed by atoms with E-state index in [1.165, 1.54) is 12.2 Å². The second kappa shape index (κ2) is 7.17. The van der Waals surface area contributed by atoms with Gasteiger partial charge in [-0.2, -0.15) is 0 Å². The van der Waals surface area contributed by atoms with E-state index in [0.29, 0.717) is 6.61 Å². The molecule has 0 unspecified atom stereocenters. The normalized spacial score (nSPS) is 15.2. The number of rotatable bonds is 6. The molecule has 2 atom stereocenters. The molecule has 3 nitrogen and oxygen atoms in total. The van der Waals surface area contributed by atoms with Crippen molar-refractivity contribution in [1.29, 1.82) is 0 Å². The van der Waals surface area contributed by atoms with Gasteiger partial charge in [-0.1, -0.05) is 42.5 Å². The largest absolute Gasteiger partial charge is 0.389 e. The highest BCUT2D eigenvalue weighted by molar-refractivity contribution is 5.13. The lowest BCUT2D eigenvalue weighted by molar-refractivity contribution is 0.0499. The van der Waals surface area contributed by atoms with Crippen LogP contribution in [0.15, 0.2) is 42.5 Å². The Bertz CT molecular complexity index is 306. The van der Waals surface area contributed by atoms with Crippen molar-refractivity contribution in [3.63, 3.8) is 0 Å². The predicted molar refractivity (Wildman–Crippen MR) is 62.9 cm³/mol. The summed E-state index contributed by atoms with van der Waals surface area (Å²) < 4.78 is 5.33. The van der Waals surface area contributed by atoms with Gasteiger partial charge in [0.15, 0.2) is 0 Å². The average molecular weight is 222 g/mol. The summed E-state index contributed by atoms with van der Waals surface area (Å²) in [6.07, 6.45) is 1.87. The van der Waals surface area contributed by atoms with Gasteiger partial charge >= 0.3 is 0 Å². The third-order valence-corrected chi connectivity index (χ3v) is 2.01. The smallest absolute Gasteiger partial charge is 0.0955 e. The van der Waals surface area contributed by atoms with Gasteiger partial charge in [0, 0.05) is 0 Å². The first kappa shape index (κ1) is 12.9. The van der Waals surface area contributed by atoms with Gasteiger partial charge in [-0.05, 0) is 12.5 Å². The Morgan fingerprint density at radius 3 is 2.50 bits per heavy atom.